The molecular weight excluding hydrogens is 204 g/mol. The summed E-state index contributed by atoms with van der Waals surface area (Å²) in [6.07, 6.45) is -0.289. The Hall–Kier alpha value is -1.77. The number of carbonyl (C=O) groups excluding carboxylic acids is 1. The Kier molecular flexibility index (Phi) is 4.58. The van der Waals surface area contributed by atoms with Gasteiger partial charge in [0.05, 0.1) is 5.76 Å². The molecule has 0 spiro atoms. The summed E-state index contributed by atoms with van der Waals surface area (Å²) in [7, 11) is 0. The second-order valence-electron chi connectivity index (χ2n) is 3.52. The van der Waals surface area contributed by atoms with E-state index in [0.717, 1.165) is 5.56 Å². The molecule has 1 aromatic rings. The van der Waals surface area contributed by atoms with Crippen molar-refractivity contribution in [3.8, 4) is 0 Å². The minimum atomic E-state index is -0.314. The zero-order valence-corrected chi connectivity index (χ0v) is 9.60. The number of benzene rings is 1. The van der Waals surface area contributed by atoms with Gasteiger partial charge in [-0.15, -0.1) is 0 Å². The quantitative estimate of drug-likeness (QED) is 0.565. The van der Waals surface area contributed by atoms with Gasteiger partial charge in [0.15, 0.2) is 6.10 Å². The lowest BCUT2D eigenvalue weighted by Gasteiger charge is -2.18. The highest BCUT2D eigenvalue weighted by atomic mass is 16.6. The average Bonchev–Trinajstić information content (AvgIpc) is 2.25. The summed E-state index contributed by atoms with van der Waals surface area (Å²) in [4.78, 5) is 10.8. The van der Waals surface area contributed by atoms with Crippen molar-refractivity contribution in [2.45, 2.75) is 20.0 Å². The van der Waals surface area contributed by atoms with Gasteiger partial charge in [-0.1, -0.05) is 36.9 Å². The first kappa shape index (κ1) is 12.3. The van der Waals surface area contributed by atoms with E-state index >= 15 is 0 Å². The van der Waals surface area contributed by atoms with Crippen LogP contribution in [-0.2, 0) is 14.3 Å². The minimum Gasteiger partial charge on any atom is -0.487 e. The van der Waals surface area contributed by atoms with E-state index in [1.54, 1.807) is 6.92 Å². The van der Waals surface area contributed by atoms with Crippen LogP contribution >= 0.6 is 0 Å². The van der Waals surface area contributed by atoms with Crippen LogP contribution in [0.2, 0.25) is 0 Å². The Morgan fingerprint density at radius 2 is 1.94 bits per heavy atom. The largest absolute Gasteiger partial charge is 0.487 e. The molecular formula is C13H16O3. The summed E-state index contributed by atoms with van der Waals surface area (Å²) in [5.74, 6) is 0.284. The average molecular weight is 220 g/mol. The molecule has 0 N–H and O–H groups in total. The molecule has 0 aromatic heterocycles. The van der Waals surface area contributed by atoms with Crippen LogP contribution in [0.4, 0.5) is 0 Å². The lowest BCUT2D eigenvalue weighted by Crippen LogP contribution is -2.13. The standard InChI is InChI=1S/C13H16O3/c1-10(2)16-13(9-15-11(3)14)12-7-5-4-6-8-12/h4-8,13H,1,9H2,2-3H3. The highest BCUT2D eigenvalue weighted by Crippen LogP contribution is 2.20. The molecule has 0 aliphatic rings. The van der Waals surface area contributed by atoms with Crippen LogP contribution in [0.3, 0.4) is 0 Å². The van der Waals surface area contributed by atoms with Crippen LogP contribution in [0.1, 0.15) is 25.5 Å². The van der Waals surface area contributed by atoms with Crippen molar-refractivity contribution in [3.63, 3.8) is 0 Å². The van der Waals surface area contributed by atoms with E-state index in [4.69, 9.17) is 9.47 Å². The highest BCUT2D eigenvalue weighted by Gasteiger charge is 2.14. The molecule has 0 radical (unpaired) electrons. The van der Waals surface area contributed by atoms with Gasteiger partial charge in [0.2, 0.25) is 0 Å². The van der Waals surface area contributed by atoms with Crippen LogP contribution in [0, 0.1) is 0 Å². The molecule has 1 unspecified atom stereocenters. The summed E-state index contributed by atoms with van der Waals surface area (Å²) in [6, 6.07) is 9.61. The van der Waals surface area contributed by atoms with Gasteiger partial charge in [-0.2, -0.15) is 0 Å². The van der Waals surface area contributed by atoms with Crippen LogP contribution in [-0.4, -0.2) is 12.6 Å². The van der Waals surface area contributed by atoms with Crippen LogP contribution in [0.15, 0.2) is 42.7 Å². The maximum absolute atomic E-state index is 10.8. The van der Waals surface area contributed by atoms with Crippen molar-refractivity contribution in [2.24, 2.45) is 0 Å². The third kappa shape index (κ3) is 4.17. The first-order valence-corrected chi connectivity index (χ1v) is 5.10. The number of ether oxygens (including phenoxy) is 2. The predicted molar refractivity (Wildman–Crippen MR) is 61.7 cm³/mol. The number of carbonyl (C=O) groups is 1. The van der Waals surface area contributed by atoms with E-state index in [1.807, 2.05) is 30.3 Å². The highest BCUT2D eigenvalue weighted by molar-refractivity contribution is 5.65. The van der Waals surface area contributed by atoms with E-state index in [-0.39, 0.29) is 18.7 Å². The molecule has 16 heavy (non-hydrogen) atoms. The van der Waals surface area contributed by atoms with Gasteiger partial charge in [-0.25, -0.2) is 0 Å². The Morgan fingerprint density at radius 1 is 1.31 bits per heavy atom. The molecule has 0 aliphatic carbocycles. The third-order valence-electron chi connectivity index (χ3n) is 1.95. The second kappa shape index (κ2) is 5.95. The first-order chi connectivity index (χ1) is 7.59. The number of hydrogen-bond acceptors (Lipinski definition) is 3. The predicted octanol–water partition coefficient (Wildman–Crippen LogP) is 2.84. The van der Waals surface area contributed by atoms with Crippen molar-refractivity contribution in [1.82, 2.24) is 0 Å². The van der Waals surface area contributed by atoms with E-state index in [0.29, 0.717) is 5.76 Å². The fourth-order valence-corrected chi connectivity index (χ4v) is 1.30. The van der Waals surface area contributed by atoms with E-state index in [9.17, 15) is 4.79 Å². The normalized spacial score (nSPS) is 11.6. The molecule has 1 aromatic carbocycles. The van der Waals surface area contributed by atoms with Gasteiger partial charge in [-0.05, 0) is 12.5 Å². The molecule has 0 bridgehead atoms. The lowest BCUT2D eigenvalue weighted by atomic mass is 10.1. The van der Waals surface area contributed by atoms with E-state index in [2.05, 4.69) is 6.58 Å². The number of rotatable bonds is 5. The van der Waals surface area contributed by atoms with E-state index in [1.165, 1.54) is 6.92 Å². The van der Waals surface area contributed by atoms with Crippen LogP contribution in [0.25, 0.3) is 0 Å². The SMILES string of the molecule is C=C(C)OC(COC(C)=O)c1ccccc1. The topological polar surface area (TPSA) is 35.5 Å². The molecule has 0 saturated carbocycles. The number of esters is 1. The van der Waals surface area contributed by atoms with Gasteiger partial charge < -0.3 is 9.47 Å². The molecule has 0 heterocycles. The molecule has 0 saturated heterocycles. The van der Waals surface area contributed by atoms with E-state index < -0.39 is 0 Å². The minimum absolute atomic E-state index is 0.201. The summed E-state index contributed by atoms with van der Waals surface area (Å²) in [5, 5.41) is 0. The van der Waals surface area contributed by atoms with Crippen LogP contribution < -0.4 is 0 Å². The fraction of sp³-hybridized carbons (Fsp3) is 0.308. The van der Waals surface area contributed by atoms with Crippen molar-refractivity contribution in [2.75, 3.05) is 6.61 Å². The van der Waals surface area contributed by atoms with Crippen molar-refractivity contribution < 1.29 is 14.3 Å². The zero-order chi connectivity index (χ0) is 12.0. The molecule has 3 heteroatoms. The summed E-state index contributed by atoms with van der Waals surface area (Å²) >= 11 is 0. The summed E-state index contributed by atoms with van der Waals surface area (Å²) in [5.41, 5.74) is 0.965. The first-order valence-electron chi connectivity index (χ1n) is 5.10. The van der Waals surface area contributed by atoms with Gasteiger partial charge >= 0.3 is 5.97 Å². The van der Waals surface area contributed by atoms with Crippen molar-refractivity contribution in [1.29, 1.82) is 0 Å². The van der Waals surface area contributed by atoms with Gasteiger partial charge in [0.25, 0.3) is 0 Å². The smallest absolute Gasteiger partial charge is 0.302 e. The summed E-state index contributed by atoms with van der Waals surface area (Å²) in [6.45, 7) is 7.03. The van der Waals surface area contributed by atoms with Gasteiger partial charge in [0.1, 0.15) is 6.61 Å². The Balaban J connectivity index is 2.71. The molecule has 0 aliphatic heterocycles. The Labute approximate surface area is 95.7 Å². The molecule has 0 fully saturated rings. The molecule has 86 valence electrons. The zero-order valence-electron chi connectivity index (χ0n) is 9.60. The monoisotopic (exact) mass is 220 g/mol. The van der Waals surface area contributed by atoms with Crippen molar-refractivity contribution in [3.05, 3.63) is 48.2 Å². The molecule has 1 rings (SSSR count). The summed E-state index contributed by atoms with van der Waals surface area (Å²) < 4.78 is 10.5. The lowest BCUT2D eigenvalue weighted by molar-refractivity contribution is -0.144. The number of hydrogen-bond donors (Lipinski definition) is 0. The molecule has 0 amide bonds. The van der Waals surface area contributed by atoms with Crippen molar-refractivity contribution >= 4 is 5.97 Å². The third-order valence-corrected chi connectivity index (χ3v) is 1.95. The Morgan fingerprint density at radius 3 is 2.44 bits per heavy atom. The maximum atomic E-state index is 10.8. The fourth-order valence-electron chi connectivity index (χ4n) is 1.30. The van der Waals surface area contributed by atoms with Gasteiger partial charge in [-0.3, -0.25) is 4.79 Å². The van der Waals surface area contributed by atoms with Gasteiger partial charge in [0, 0.05) is 6.92 Å². The van der Waals surface area contributed by atoms with Crippen LogP contribution in [0.5, 0.6) is 0 Å². The molecule has 1 atom stereocenters. The second-order valence-corrected chi connectivity index (χ2v) is 3.52. The maximum Gasteiger partial charge on any atom is 0.302 e. The molecule has 3 nitrogen and oxygen atoms in total. The number of allylic oxidation sites excluding steroid dienone is 1. The Bertz CT molecular complexity index is 357.